The Morgan fingerprint density at radius 1 is 1.26 bits per heavy atom. The van der Waals surface area contributed by atoms with Crippen LogP contribution in [0.2, 0.25) is 0 Å². The van der Waals surface area contributed by atoms with Gasteiger partial charge in [0.05, 0.1) is 19.3 Å². The molecule has 0 fully saturated rings. The Hall–Kier alpha value is -1.83. The van der Waals surface area contributed by atoms with Crippen LogP contribution in [-0.4, -0.2) is 69.7 Å². The number of phenolic OH excluding ortho intramolecular Hbond substituents is 2. The number of carbonyl (C=O) groups excluding carboxylic acids is 1. The molecule has 0 saturated carbocycles. The highest BCUT2D eigenvalue weighted by molar-refractivity contribution is 5.78. The normalized spacial score (nSPS) is 13.8. The first-order valence-electron chi connectivity index (χ1n) is 7.58. The fourth-order valence-electron chi connectivity index (χ4n) is 2.32. The summed E-state index contributed by atoms with van der Waals surface area (Å²) in [5.41, 5.74) is 0.574. The van der Waals surface area contributed by atoms with E-state index in [2.05, 4.69) is 0 Å². The van der Waals surface area contributed by atoms with Gasteiger partial charge in [0.25, 0.3) is 0 Å². The highest BCUT2D eigenvalue weighted by Crippen LogP contribution is 2.26. The number of hydrogen-bond acceptors (Lipinski definition) is 6. The molecule has 0 aliphatic rings. The molecule has 0 radical (unpaired) electrons. The summed E-state index contributed by atoms with van der Waals surface area (Å²) in [7, 11) is 3.37. The average Bonchev–Trinajstić information content (AvgIpc) is 2.50. The summed E-state index contributed by atoms with van der Waals surface area (Å²) in [5.74, 6) is -0.675. The number of amides is 1. The van der Waals surface area contributed by atoms with Gasteiger partial charge in [-0.3, -0.25) is 9.80 Å². The second-order valence-electron chi connectivity index (χ2n) is 5.73. The largest absolute Gasteiger partial charge is 0.508 e. The van der Waals surface area contributed by atoms with Gasteiger partial charge in [0.1, 0.15) is 11.5 Å². The van der Waals surface area contributed by atoms with Crippen molar-refractivity contribution in [3.8, 4) is 11.5 Å². The molecule has 4 N–H and O–H groups in total. The summed E-state index contributed by atoms with van der Waals surface area (Å²) in [5, 5.41) is 40.7. The molecular formula is C16H26N2O5. The lowest BCUT2D eigenvalue weighted by Gasteiger charge is -2.33. The van der Waals surface area contributed by atoms with E-state index in [1.54, 1.807) is 25.2 Å². The fraction of sp³-hybridized carbons (Fsp3) is 0.562. The number of rotatable bonds is 8. The van der Waals surface area contributed by atoms with Crippen molar-refractivity contribution >= 4 is 5.91 Å². The van der Waals surface area contributed by atoms with Gasteiger partial charge >= 0.3 is 0 Å². The third kappa shape index (κ3) is 5.38. The molecule has 2 unspecified atom stereocenters. The van der Waals surface area contributed by atoms with E-state index < -0.39 is 18.6 Å². The Morgan fingerprint density at radius 2 is 1.91 bits per heavy atom. The summed E-state index contributed by atoms with van der Waals surface area (Å²) < 4.78 is 0. The SMILES string of the molecule is CCC(Cc1ccc(O)cc1O)C(=O)N(CC(O)CO)N(C)C. The lowest BCUT2D eigenvalue weighted by Crippen LogP contribution is -2.49. The van der Waals surface area contributed by atoms with Crippen LogP contribution in [0.5, 0.6) is 11.5 Å². The van der Waals surface area contributed by atoms with Crippen molar-refractivity contribution in [3.63, 3.8) is 0 Å². The zero-order valence-electron chi connectivity index (χ0n) is 13.8. The maximum absolute atomic E-state index is 12.7. The number of nitrogens with zero attached hydrogens (tertiary/aromatic N) is 2. The number of hydrazine groups is 1. The molecule has 130 valence electrons. The van der Waals surface area contributed by atoms with Crippen LogP contribution < -0.4 is 0 Å². The summed E-state index contributed by atoms with van der Waals surface area (Å²) in [6.45, 7) is 1.45. The van der Waals surface area contributed by atoms with E-state index in [1.165, 1.54) is 17.1 Å². The molecule has 1 rings (SSSR count). The number of aliphatic hydroxyl groups excluding tert-OH is 2. The van der Waals surface area contributed by atoms with Crippen molar-refractivity contribution in [2.75, 3.05) is 27.2 Å². The molecule has 23 heavy (non-hydrogen) atoms. The van der Waals surface area contributed by atoms with Crippen molar-refractivity contribution < 1.29 is 25.2 Å². The van der Waals surface area contributed by atoms with Crippen LogP contribution in [0, 0.1) is 5.92 Å². The van der Waals surface area contributed by atoms with Gasteiger partial charge < -0.3 is 20.4 Å². The molecule has 1 aromatic rings. The van der Waals surface area contributed by atoms with Crippen molar-refractivity contribution in [1.29, 1.82) is 0 Å². The number of aromatic hydroxyl groups is 2. The molecule has 1 amide bonds. The Morgan fingerprint density at radius 3 is 2.39 bits per heavy atom. The van der Waals surface area contributed by atoms with E-state index in [-0.39, 0.29) is 24.0 Å². The van der Waals surface area contributed by atoms with Crippen LogP contribution >= 0.6 is 0 Å². The lowest BCUT2D eigenvalue weighted by molar-refractivity contribution is -0.153. The highest BCUT2D eigenvalue weighted by atomic mass is 16.3. The zero-order chi connectivity index (χ0) is 17.6. The molecule has 0 saturated heterocycles. The number of benzene rings is 1. The molecule has 0 aromatic heterocycles. The Kier molecular flexibility index (Phi) is 7.28. The number of phenols is 2. The van der Waals surface area contributed by atoms with Crippen molar-refractivity contribution in [2.24, 2.45) is 5.92 Å². The number of hydrogen-bond donors (Lipinski definition) is 4. The molecule has 7 nitrogen and oxygen atoms in total. The molecular weight excluding hydrogens is 300 g/mol. The first-order chi connectivity index (χ1) is 10.8. The standard InChI is InChI=1S/C16H26N2O5/c1-4-11(7-12-5-6-13(20)8-15(12)22)16(23)18(17(2)3)9-14(21)10-19/h5-6,8,11,14,19-22H,4,7,9-10H2,1-3H3. The molecule has 0 spiro atoms. The van der Waals surface area contributed by atoms with Gasteiger partial charge in [-0.05, 0) is 24.5 Å². The van der Waals surface area contributed by atoms with Crippen molar-refractivity contribution in [3.05, 3.63) is 23.8 Å². The Balaban J connectivity index is 2.91. The Labute approximate surface area is 136 Å². The van der Waals surface area contributed by atoms with Gasteiger partial charge in [-0.15, -0.1) is 0 Å². The fourth-order valence-corrected chi connectivity index (χ4v) is 2.32. The van der Waals surface area contributed by atoms with Crippen LogP contribution in [0.3, 0.4) is 0 Å². The minimum absolute atomic E-state index is 0.000390. The van der Waals surface area contributed by atoms with E-state index in [9.17, 15) is 20.1 Å². The van der Waals surface area contributed by atoms with Gasteiger partial charge in [-0.1, -0.05) is 13.0 Å². The molecule has 0 heterocycles. The first kappa shape index (κ1) is 19.2. The van der Waals surface area contributed by atoms with Gasteiger partial charge in [-0.2, -0.15) is 0 Å². The minimum atomic E-state index is -1.01. The van der Waals surface area contributed by atoms with Crippen LogP contribution in [0.25, 0.3) is 0 Å². The van der Waals surface area contributed by atoms with Crippen LogP contribution in [0.15, 0.2) is 18.2 Å². The predicted octanol–water partition coefficient (Wildman–Crippen LogP) is 0.325. The lowest BCUT2D eigenvalue weighted by atomic mass is 9.95. The smallest absolute Gasteiger partial charge is 0.240 e. The van der Waals surface area contributed by atoms with E-state index >= 15 is 0 Å². The molecule has 0 aliphatic heterocycles. The van der Waals surface area contributed by atoms with Gasteiger partial charge in [0.2, 0.25) is 5.91 Å². The second-order valence-corrected chi connectivity index (χ2v) is 5.73. The summed E-state index contributed by atoms with van der Waals surface area (Å²) in [6.07, 6.45) is -0.138. The van der Waals surface area contributed by atoms with Gasteiger partial charge in [-0.25, -0.2) is 5.01 Å². The molecule has 1 aromatic carbocycles. The quantitative estimate of drug-likeness (QED) is 0.513. The summed E-state index contributed by atoms with van der Waals surface area (Å²) in [6, 6.07) is 4.29. The van der Waals surface area contributed by atoms with Crippen molar-refractivity contribution in [1.82, 2.24) is 10.0 Å². The number of carbonyl (C=O) groups is 1. The zero-order valence-corrected chi connectivity index (χ0v) is 13.8. The highest BCUT2D eigenvalue weighted by Gasteiger charge is 2.27. The van der Waals surface area contributed by atoms with Crippen LogP contribution in [0.4, 0.5) is 0 Å². The predicted molar refractivity (Wildman–Crippen MR) is 85.7 cm³/mol. The second kappa shape index (κ2) is 8.71. The van der Waals surface area contributed by atoms with E-state index in [1.807, 2.05) is 6.92 Å². The molecule has 0 bridgehead atoms. The summed E-state index contributed by atoms with van der Waals surface area (Å²) in [4.78, 5) is 12.7. The minimum Gasteiger partial charge on any atom is -0.508 e. The maximum atomic E-state index is 12.7. The third-order valence-corrected chi connectivity index (χ3v) is 3.71. The van der Waals surface area contributed by atoms with E-state index in [4.69, 9.17) is 5.11 Å². The molecule has 2 atom stereocenters. The van der Waals surface area contributed by atoms with E-state index in [0.29, 0.717) is 18.4 Å². The van der Waals surface area contributed by atoms with E-state index in [0.717, 1.165) is 0 Å². The van der Waals surface area contributed by atoms with Gasteiger partial charge in [0.15, 0.2) is 0 Å². The summed E-state index contributed by atoms with van der Waals surface area (Å²) >= 11 is 0. The maximum Gasteiger partial charge on any atom is 0.240 e. The molecule has 0 aliphatic carbocycles. The van der Waals surface area contributed by atoms with Gasteiger partial charge in [0, 0.05) is 26.1 Å². The van der Waals surface area contributed by atoms with Crippen molar-refractivity contribution in [2.45, 2.75) is 25.9 Å². The third-order valence-electron chi connectivity index (χ3n) is 3.71. The van der Waals surface area contributed by atoms with Crippen LogP contribution in [0.1, 0.15) is 18.9 Å². The molecule has 7 heteroatoms. The monoisotopic (exact) mass is 326 g/mol. The Bertz CT molecular complexity index is 521. The first-order valence-corrected chi connectivity index (χ1v) is 7.58. The topological polar surface area (TPSA) is 104 Å². The van der Waals surface area contributed by atoms with Crippen LogP contribution in [-0.2, 0) is 11.2 Å². The number of aliphatic hydroxyl groups is 2. The average molecular weight is 326 g/mol.